The fraction of sp³-hybridized carbons (Fsp3) is 0.273. The van der Waals surface area contributed by atoms with E-state index in [2.05, 4.69) is 4.74 Å². The average Bonchev–Trinajstić information content (AvgIpc) is 2.27. The van der Waals surface area contributed by atoms with Gasteiger partial charge >= 0.3 is 11.5 Å². The Morgan fingerprint density at radius 3 is 2.58 bits per heavy atom. The summed E-state index contributed by atoms with van der Waals surface area (Å²) in [6, 6.07) is 2.94. The number of alkyl halides is 3. The Bertz CT molecular complexity index is 537. The molecule has 1 rings (SSSR count). The molecule has 0 aliphatic rings. The lowest BCUT2D eigenvalue weighted by Crippen LogP contribution is -2.11. The number of hydrogen-bond donors (Lipinski definition) is 0. The quantitative estimate of drug-likeness (QED) is 0.486. The van der Waals surface area contributed by atoms with Crippen molar-refractivity contribution in [1.82, 2.24) is 0 Å². The largest absolute Gasteiger partial charge is 0.462 e. The molecule has 1 aromatic rings. The van der Waals surface area contributed by atoms with Crippen molar-refractivity contribution in [2.45, 2.75) is 17.3 Å². The maximum atomic E-state index is 13.3. The van der Waals surface area contributed by atoms with Crippen LogP contribution in [0.1, 0.15) is 22.8 Å². The zero-order valence-electron chi connectivity index (χ0n) is 9.55. The van der Waals surface area contributed by atoms with Crippen LogP contribution < -0.4 is 0 Å². The highest BCUT2D eigenvalue weighted by atomic mass is 32.2. The van der Waals surface area contributed by atoms with Crippen LogP contribution in [-0.2, 0) is 4.74 Å². The standard InChI is InChI=1S/C11H7F4NO2S/c1-2-18-10(17)6-3-4-8(12)7(5-16)9(6)19-11(13,14)15/h3-4H,2H2,1H3. The fourth-order valence-electron chi connectivity index (χ4n) is 1.25. The van der Waals surface area contributed by atoms with Crippen LogP contribution in [0.4, 0.5) is 17.6 Å². The van der Waals surface area contributed by atoms with Gasteiger partial charge < -0.3 is 4.74 Å². The van der Waals surface area contributed by atoms with E-state index >= 15 is 0 Å². The summed E-state index contributed by atoms with van der Waals surface area (Å²) in [7, 11) is 0. The molecular formula is C11H7F4NO2S. The zero-order chi connectivity index (χ0) is 14.6. The molecule has 0 atom stereocenters. The lowest BCUT2D eigenvalue weighted by molar-refractivity contribution is -0.0328. The van der Waals surface area contributed by atoms with Gasteiger partial charge in [0.25, 0.3) is 0 Å². The maximum Gasteiger partial charge on any atom is 0.446 e. The molecule has 0 fully saturated rings. The number of nitrogens with zero attached hydrogens (tertiary/aromatic N) is 1. The Morgan fingerprint density at radius 1 is 1.47 bits per heavy atom. The topological polar surface area (TPSA) is 50.1 Å². The van der Waals surface area contributed by atoms with Gasteiger partial charge in [0.15, 0.2) is 0 Å². The van der Waals surface area contributed by atoms with Crippen molar-refractivity contribution in [1.29, 1.82) is 5.26 Å². The number of thioether (sulfide) groups is 1. The van der Waals surface area contributed by atoms with Crippen LogP contribution in [0.15, 0.2) is 17.0 Å². The van der Waals surface area contributed by atoms with Gasteiger partial charge in [-0.05, 0) is 30.8 Å². The monoisotopic (exact) mass is 293 g/mol. The predicted molar refractivity (Wildman–Crippen MR) is 59.0 cm³/mol. The van der Waals surface area contributed by atoms with E-state index in [-0.39, 0.29) is 6.61 Å². The second kappa shape index (κ2) is 5.93. The predicted octanol–water partition coefficient (Wildman–Crippen LogP) is 3.49. The molecule has 0 bridgehead atoms. The SMILES string of the molecule is CCOC(=O)c1ccc(F)c(C#N)c1SC(F)(F)F. The van der Waals surface area contributed by atoms with E-state index in [9.17, 15) is 22.4 Å². The molecule has 0 aliphatic heterocycles. The molecule has 8 heteroatoms. The lowest BCUT2D eigenvalue weighted by Gasteiger charge is -2.12. The summed E-state index contributed by atoms with van der Waals surface area (Å²) in [5, 5.41) is 8.71. The molecule has 0 aromatic heterocycles. The van der Waals surface area contributed by atoms with Crippen LogP contribution in [0, 0.1) is 17.1 Å². The molecule has 0 aliphatic carbocycles. The molecule has 0 saturated heterocycles. The first-order valence-electron chi connectivity index (χ1n) is 4.95. The van der Waals surface area contributed by atoms with Gasteiger partial charge in [-0.25, -0.2) is 9.18 Å². The molecule has 0 N–H and O–H groups in total. The van der Waals surface area contributed by atoms with Crippen molar-refractivity contribution in [3.8, 4) is 6.07 Å². The normalized spacial score (nSPS) is 10.9. The number of halogens is 4. The van der Waals surface area contributed by atoms with Crippen LogP contribution in [0.2, 0.25) is 0 Å². The molecule has 102 valence electrons. The first kappa shape index (κ1) is 15.3. The Hall–Kier alpha value is -1.75. The second-order valence-corrected chi connectivity index (χ2v) is 4.25. The van der Waals surface area contributed by atoms with E-state index < -0.39 is 45.1 Å². The third-order valence-electron chi connectivity index (χ3n) is 1.93. The van der Waals surface area contributed by atoms with Crippen molar-refractivity contribution in [2.75, 3.05) is 6.61 Å². The second-order valence-electron chi connectivity index (χ2n) is 3.18. The van der Waals surface area contributed by atoms with Gasteiger partial charge in [0.05, 0.1) is 17.1 Å². The number of ether oxygens (including phenoxy) is 1. The van der Waals surface area contributed by atoms with Crippen molar-refractivity contribution < 1.29 is 27.1 Å². The van der Waals surface area contributed by atoms with E-state index in [1.54, 1.807) is 0 Å². The molecule has 0 unspecified atom stereocenters. The van der Waals surface area contributed by atoms with Gasteiger partial charge in [-0.15, -0.1) is 0 Å². The molecule has 0 saturated carbocycles. The Morgan fingerprint density at radius 2 is 2.11 bits per heavy atom. The van der Waals surface area contributed by atoms with E-state index in [0.29, 0.717) is 0 Å². The van der Waals surface area contributed by atoms with Crippen LogP contribution in [-0.4, -0.2) is 18.1 Å². The van der Waals surface area contributed by atoms with Crippen molar-refractivity contribution in [3.63, 3.8) is 0 Å². The van der Waals surface area contributed by atoms with Crippen LogP contribution >= 0.6 is 11.8 Å². The van der Waals surface area contributed by atoms with Crippen molar-refractivity contribution >= 4 is 17.7 Å². The average molecular weight is 293 g/mol. The highest BCUT2D eigenvalue weighted by Crippen LogP contribution is 2.41. The van der Waals surface area contributed by atoms with Crippen LogP contribution in [0.5, 0.6) is 0 Å². The van der Waals surface area contributed by atoms with Crippen molar-refractivity contribution in [2.24, 2.45) is 0 Å². The third-order valence-corrected chi connectivity index (χ3v) is 2.79. The van der Waals surface area contributed by atoms with Crippen LogP contribution in [0.3, 0.4) is 0 Å². The molecule has 3 nitrogen and oxygen atoms in total. The van der Waals surface area contributed by atoms with Gasteiger partial charge in [0.1, 0.15) is 17.4 Å². The maximum absolute atomic E-state index is 13.3. The first-order chi connectivity index (χ1) is 8.80. The Labute approximate surface area is 110 Å². The number of esters is 1. The number of nitriles is 1. The summed E-state index contributed by atoms with van der Waals surface area (Å²) in [5.74, 6) is -2.16. The summed E-state index contributed by atoms with van der Waals surface area (Å²) in [5.41, 5.74) is -6.06. The smallest absolute Gasteiger partial charge is 0.446 e. The molecule has 0 heterocycles. The summed E-state index contributed by atoms with van der Waals surface area (Å²) in [6.07, 6.45) is 0. The molecular weight excluding hydrogens is 286 g/mol. The number of benzene rings is 1. The molecule has 19 heavy (non-hydrogen) atoms. The number of rotatable bonds is 3. The summed E-state index contributed by atoms with van der Waals surface area (Å²) in [4.78, 5) is 10.7. The highest BCUT2D eigenvalue weighted by Gasteiger charge is 2.34. The number of hydrogen-bond acceptors (Lipinski definition) is 4. The van der Waals surface area contributed by atoms with E-state index in [1.165, 1.54) is 13.0 Å². The minimum atomic E-state index is -4.75. The summed E-state index contributed by atoms with van der Waals surface area (Å²) < 4.78 is 55.1. The van der Waals surface area contributed by atoms with Gasteiger partial charge in [-0.1, -0.05) is 0 Å². The molecule has 0 radical (unpaired) electrons. The van der Waals surface area contributed by atoms with Gasteiger partial charge in [-0.3, -0.25) is 0 Å². The number of carbonyl (C=O) groups is 1. The van der Waals surface area contributed by atoms with Gasteiger partial charge in [-0.2, -0.15) is 18.4 Å². The Balaban J connectivity index is 3.39. The van der Waals surface area contributed by atoms with E-state index in [1.807, 2.05) is 0 Å². The minimum absolute atomic E-state index is 0.0474. The zero-order valence-corrected chi connectivity index (χ0v) is 10.4. The van der Waals surface area contributed by atoms with Gasteiger partial charge in [0.2, 0.25) is 0 Å². The van der Waals surface area contributed by atoms with Crippen LogP contribution in [0.25, 0.3) is 0 Å². The molecule has 1 aromatic carbocycles. The lowest BCUT2D eigenvalue weighted by atomic mass is 10.1. The highest BCUT2D eigenvalue weighted by molar-refractivity contribution is 8.00. The number of carbonyl (C=O) groups excluding carboxylic acids is 1. The Kier molecular flexibility index (Phi) is 4.78. The summed E-state index contributed by atoms with van der Waals surface area (Å²) in [6.45, 7) is 1.43. The van der Waals surface area contributed by atoms with Crippen molar-refractivity contribution in [3.05, 3.63) is 29.1 Å². The molecule has 0 spiro atoms. The van der Waals surface area contributed by atoms with E-state index in [0.717, 1.165) is 12.1 Å². The molecule has 0 amide bonds. The third kappa shape index (κ3) is 3.86. The van der Waals surface area contributed by atoms with E-state index in [4.69, 9.17) is 5.26 Å². The van der Waals surface area contributed by atoms with Gasteiger partial charge in [0, 0.05) is 0 Å². The fourth-order valence-corrected chi connectivity index (χ4v) is 1.99. The summed E-state index contributed by atoms with van der Waals surface area (Å²) >= 11 is -0.716. The minimum Gasteiger partial charge on any atom is -0.462 e. The first-order valence-corrected chi connectivity index (χ1v) is 5.77.